The lowest BCUT2D eigenvalue weighted by molar-refractivity contribution is -0.386. The molecule has 1 aliphatic rings. The molecule has 1 unspecified atom stereocenters. The molecule has 7 nitrogen and oxygen atoms in total. The van der Waals surface area contributed by atoms with Crippen LogP contribution < -0.4 is 0 Å². The van der Waals surface area contributed by atoms with E-state index >= 15 is 0 Å². The van der Waals surface area contributed by atoms with Gasteiger partial charge in [-0.3, -0.25) is 10.1 Å². The van der Waals surface area contributed by atoms with E-state index in [0.29, 0.717) is 5.56 Å². The van der Waals surface area contributed by atoms with Crippen molar-refractivity contribution in [3.63, 3.8) is 0 Å². The van der Waals surface area contributed by atoms with Crippen molar-refractivity contribution in [2.45, 2.75) is 18.5 Å². The predicted molar refractivity (Wildman–Crippen MR) is 83.0 cm³/mol. The first-order valence-corrected chi connectivity index (χ1v) is 7.29. The number of ether oxygens (including phenoxy) is 3. The summed E-state index contributed by atoms with van der Waals surface area (Å²) in [5, 5.41) is 11.3. The molecule has 0 radical (unpaired) electrons. The van der Waals surface area contributed by atoms with Crippen molar-refractivity contribution in [1.29, 1.82) is 0 Å². The average molecular weight is 329 g/mol. The van der Waals surface area contributed by atoms with Gasteiger partial charge in [0.1, 0.15) is 6.10 Å². The fraction of sp³-hybridized carbons (Fsp3) is 0.235. The van der Waals surface area contributed by atoms with Gasteiger partial charge in [0.15, 0.2) is 12.4 Å². The Morgan fingerprint density at radius 3 is 2.42 bits per heavy atom. The molecule has 1 fully saturated rings. The number of para-hydroxylation sites is 1. The fourth-order valence-corrected chi connectivity index (χ4v) is 2.63. The van der Waals surface area contributed by atoms with E-state index in [1.165, 1.54) is 13.2 Å². The fourth-order valence-electron chi connectivity index (χ4n) is 2.63. The van der Waals surface area contributed by atoms with Crippen molar-refractivity contribution in [3.8, 4) is 0 Å². The highest BCUT2D eigenvalue weighted by atomic mass is 16.7. The van der Waals surface area contributed by atoms with Gasteiger partial charge in [0.05, 0.1) is 17.6 Å². The first kappa shape index (κ1) is 16.1. The molecule has 3 atom stereocenters. The van der Waals surface area contributed by atoms with Crippen LogP contribution in [0.15, 0.2) is 54.6 Å². The molecule has 2 aromatic carbocycles. The van der Waals surface area contributed by atoms with Gasteiger partial charge in [-0.25, -0.2) is 4.79 Å². The first-order valence-electron chi connectivity index (χ1n) is 7.29. The molecule has 3 rings (SSSR count). The summed E-state index contributed by atoms with van der Waals surface area (Å²) in [4.78, 5) is 22.8. The highest BCUT2D eigenvalue weighted by Crippen LogP contribution is 2.42. The van der Waals surface area contributed by atoms with Gasteiger partial charge >= 0.3 is 5.97 Å². The smallest absolute Gasteiger partial charge is 0.338 e. The standard InChI is InChI=1S/C17H15NO6/c1-22-16(19)15-14(12-9-5-6-10-13(12)18(20)21)23-17(24-15)11-7-3-2-4-8-11/h2-10,14-15,17H,1H3/t14-,15+,17?/m1/s1. The Kier molecular flexibility index (Phi) is 4.54. The van der Waals surface area contributed by atoms with Crippen molar-refractivity contribution in [2.75, 3.05) is 7.11 Å². The largest absolute Gasteiger partial charge is 0.467 e. The van der Waals surface area contributed by atoms with Gasteiger partial charge in [-0.2, -0.15) is 0 Å². The van der Waals surface area contributed by atoms with Crippen LogP contribution in [0.5, 0.6) is 0 Å². The summed E-state index contributed by atoms with van der Waals surface area (Å²) in [6.07, 6.45) is -2.81. The Hall–Kier alpha value is -2.77. The minimum Gasteiger partial charge on any atom is -0.467 e. The third kappa shape index (κ3) is 2.99. The van der Waals surface area contributed by atoms with Crippen molar-refractivity contribution in [3.05, 3.63) is 75.8 Å². The Morgan fingerprint density at radius 2 is 1.75 bits per heavy atom. The molecule has 0 N–H and O–H groups in total. The second kappa shape index (κ2) is 6.77. The van der Waals surface area contributed by atoms with Gasteiger partial charge < -0.3 is 14.2 Å². The zero-order valence-electron chi connectivity index (χ0n) is 12.8. The van der Waals surface area contributed by atoms with E-state index in [1.54, 1.807) is 30.3 Å². The van der Waals surface area contributed by atoms with E-state index in [1.807, 2.05) is 18.2 Å². The first-order chi connectivity index (χ1) is 11.6. The van der Waals surface area contributed by atoms with E-state index in [0.717, 1.165) is 0 Å². The zero-order valence-corrected chi connectivity index (χ0v) is 12.8. The maximum absolute atomic E-state index is 12.1. The zero-order chi connectivity index (χ0) is 17.1. The number of esters is 1. The van der Waals surface area contributed by atoms with Gasteiger partial charge in [-0.05, 0) is 6.07 Å². The summed E-state index contributed by atoms with van der Waals surface area (Å²) < 4.78 is 16.3. The summed E-state index contributed by atoms with van der Waals surface area (Å²) in [5.74, 6) is -0.642. The predicted octanol–water partition coefficient (Wildman–Crippen LogP) is 2.92. The number of nitro groups is 1. The lowest BCUT2D eigenvalue weighted by Crippen LogP contribution is -2.27. The third-order valence-corrected chi connectivity index (χ3v) is 3.76. The maximum atomic E-state index is 12.1. The van der Waals surface area contributed by atoms with E-state index < -0.39 is 29.4 Å². The molecule has 0 spiro atoms. The number of nitro benzene ring substituents is 1. The molecule has 124 valence electrons. The average Bonchev–Trinajstić information content (AvgIpc) is 3.07. The molecule has 0 amide bonds. The van der Waals surface area contributed by atoms with E-state index in [2.05, 4.69) is 0 Å². The number of benzene rings is 2. The number of methoxy groups -OCH3 is 1. The molecular weight excluding hydrogens is 314 g/mol. The molecule has 0 saturated carbocycles. The topological polar surface area (TPSA) is 87.9 Å². The normalized spacial score (nSPS) is 23.0. The monoisotopic (exact) mass is 329 g/mol. The number of hydrogen-bond donors (Lipinski definition) is 0. The summed E-state index contributed by atoms with van der Waals surface area (Å²) in [5.41, 5.74) is 0.859. The molecule has 0 aliphatic carbocycles. The highest BCUT2D eigenvalue weighted by Gasteiger charge is 2.45. The van der Waals surface area contributed by atoms with E-state index in [-0.39, 0.29) is 11.3 Å². The van der Waals surface area contributed by atoms with Crippen LogP contribution in [0.1, 0.15) is 23.5 Å². The Morgan fingerprint density at radius 1 is 1.08 bits per heavy atom. The lowest BCUT2D eigenvalue weighted by atomic mass is 10.0. The molecule has 7 heteroatoms. The van der Waals surface area contributed by atoms with Crippen molar-refractivity contribution in [2.24, 2.45) is 0 Å². The minimum absolute atomic E-state index is 0.131. The maximum Gasteiger partial charge on any atom is 0.338 e. The molecule has 2 aromatic rings. The van der Waals surface area contributed by atoms with Crippen LogP contribution >= 0.6 is 0 Å². The highest BCUT2D eigenvalue weighted by molar-refractivity contribution is 5.76. The van der Waals surface area contributed by atoms with Crippen molar-refractivity contribution < 1.29 is 23.9 Å². The third-order valence-electron chi connectivity index (χ3n) is 3.76. The number of hydrogen-bond acceptors (Lipinski definition) is 6. The summed E-state index contributed by atoms with van der Waals surface area (Å²) in [7, 11) is 1.23. The number of rotatable bonds is 4. The number of nitrogens with zero attached hydrogens (tertiary/aromatic N) is 1. The van der Waals surface area contributed by atoms with Crippen LogP contribution in [-0.2, 0) is 19.0 Å². The van der Waals surface area contributed by atoms with Crippen molar-refractivity contribution >= 4 is 11.7 Å². The Bertz CT molecular complexity index is 748. The second-order valence-corrected chi connectivity index (χ2v) is 5.20. The summed E-state index contributed by atoms with van der Waals surface area (Å²) in [6.45, 7) is 0. The van der Waals surface area contributed by atoms with Gasteiger partial charge in [0, 0.05) is 11.6 Å². The van der Waals surface area contributed by atoms with Crippen LogP contribution in [0, 0.1) is 10.1 Å². The second-order valence-electron chi connectivity index (χ2n) is 5.20. The van der Waals surface area contributed by atoms with Gasteiger partial charge in [0.25, 0.3) is 5.69 Å². The number of carbonyl (C=O) groups is 1. The lowest BCUT2D eigenvalue weighted by Gasteiger charge is -2.14. The molecule has 0 bridgehead atoms. The van der Waals surface area contributed by atoms with Crippen LogP contribution in [0.25, 0.3) is 0 Å². The molecular formula is C17H15NO6. The van der Waals surface area contributed by atoms with Crippen LogP contribution in [0.2, 0.25) is 0 Å². The van der Waals surface area contributed by atoms with E-state index in [4.69, 9.17) is 14.2 Å². The van der Waals surface area contributed by atoms with E-state index in [9.17, 15) is 14.9 Å². The van der Waals surface area contributed by atoms with Crippen LogP contribution in [0.4, 0.5) is 5.69 Å². The van der Waals surface area contributed by atoms with Crippen molar-refractivity contribution in [1.82, 2.24) is 0 Å². The Balaban J connectivity index is 1.98. The molecule has 1 heterocycles. The minimum atomic E-state index is -1.08. The quantitative estimate of drug-likeness (QED) is 0.487. The van der Waals surface area contributed by atoms with Crippen LogP contribution in [-0.4, -0.2) is 24.1 Å². The molecule has 0 aromatic heterocycles. The van der Waals surface area contributed by atoms with Gasteiger partial charge in [-0.1, -0.05) is 42.5 Å². The Labute approximate surface area is 137 Å². The molecule has 1 saturated heterocycles. The summed E-state index contributed by atoms with van der Waals surface area (Å²) in [6, 6.07) is 15.2. The SMILES string of the molecule is COC(=O)[C@H]1OC(c2ccccc2)O[C@@H]1c1ccccc1[N+](=O)[O-]. The van der Waals surface area contributed by atoms with Crippen LogP contribution in [0.3, 0.4) is 0 Å². The van der Waals surface area contributed by atoms with Gasteiger partial charge in [-0.15, -0.1) is 0 Å². The number of carbonyl (C=O) groups excluding carboxylic acids is 1. The van der Waals surface area contributed by atoms with Gasteiger partial charge in [0.2, 0.25) is 0 Å². The molecule has 1 aliphatic heterocycles. The summed E-state index contributed by atoms with van der Waals surface area (Å²) >= 11 is 0. The molecule has 24 heavy (non-hydrogen) atoms.